The zero-order valence-corrected chi connectivity index (χ0v) is 16.3. The Hall–Kier alpha value is -3.39. The molecule has 0 bridgehead atoms. The number of hydrogen-bond donors (Lipinski definition) is 1. The largest absolute Gasteiger partial charge is 0.454 e. The first-order chi connectivity index (χ1) is 14.6. The molecule has 8 nitrogen and oxygen atoms in total. The monoisotopic (exact) mass is 407 g/mol. The molecule has 0 aromatic heterocycles. The van der Waals surface area contributed by atoms with E-state index in [1.165, 1.54) is 4.90 Å². The second-order valence-electron chi connectivity index (χ2n) is 7.67. The number of hydrogen-bond acceptors (Lipinski definition) is 6. The zero-order valence-electron chi connectivity index (χ0n) is 16.3. The fraction of sp³-hybridized carbons (Fsp3) is 0.318. The van der Waals surface area contributed by atoms with Gasteiger partial charge in [-0.2, -0.15) is 0 Å². The van der Waals surface area contributed by atoms with Gasteiger partial charge < -0.3 is 14.8 Å². The molecule has 3 aliphatic rings. The van der Waals surface area contributed by atoms with E-state index in [1.54, 1.807) is 42.5 Å². The van der Waals surface area contributed by atoms with Crippen molar-refractivity contribution in [2.75, 3.05) is 31.9 Å². The second kappa shape index (κ2) is 7.46. The molecule has 8 heteroatoms. The van der Waals surface area contributed by atoms with Crippen LogP contribution < -0.4 is 14.8 Å². The molecule has 3 heterocycles. The third kappa shape index (κ3) is 3.29. The van der Waals surface area contributed by atoms with Crippen LogP contribution >= 0.6 is 0 Å². The second-order valence-corrected chi connectivity index (χ2v) is 7.67. The molecular formula is C22H21N3O5. The van der Waals surface area contributed by atoms with Gasteiger partial charge in [-0.1, -0.05) is 12.1 Å². The minimum atomic E-state index is -0.252. The Bertz CT molecular complexity index is 994. The van der Waals surface area contributed by atoms with Crippen LogP contribution in [0.4, 0.5) is 5.69 Å². The minimum Gasteiger partial charge on any atom is -0.454 e. The van der Waals surface area contributed by atoms with Gasteiger partial charge in [0.15, 0.2) is 11.5 Å². The average Bonchev–Trinajstić information content (AvgIpc) is 3.33. The molecule has 0 aliphatic carbocycles. The van der Waals surface area contributed by atoms with Crippen molar-refractivity contribution in [2.45, 2.75) is 12.8 Å². The van der Waals surface area contributed by atoms with Crippen molar-refractivity contribution < 1.29 is 23.9 Å². The van der Waals surface area contributed by atoms with Crippen LogP contribution in [0.15, 0.2) is 42.5 Å². The van der Waals surface area contributed by atoms with E-state index in [1.807, 2.05) is 4.90 Å². The predicted octanol–water partition coefficient (Wildman–Crippen LogP) is 2.32. The highest BCUT2D eigenvalue weighted by Gasteiger charge is 2.37. The number of rotatable bonds is 4. The maximum Gasteiger partial charge on any atom is 0.262 e. The number of benzene rings is 2. The lowest BCUT2D eigenvalue weighted by Crippen LogP contribution is -2.46. The molecule has 3 aliphatic heterocycles. The Balaban J connectivity index is 1.16. The molecule has 0 atom stereocenters. The molecule has 2 aromatic rings. The fourth-order valence-electron chi connectivity index (χ4n) is 4.12. The Morgan fingerprint density at radius 2 is 1.63 bits per heavy atom. The first-order valence-electron chi connectivity index (χ1n) is 9.98. The summed E-state index contributed by atoms with van der Waals surface area (Å²) in [6.07, 6.45) is 1.33. The molecule has 0 spiro atoms. The Morgan fingerprint density at radius 1 is 0.967 bits per heavy atom. The number of nitrogens with one attached hydrogen (secondary N) is 1. The summed E-state index contributed by atoms with van der Waals surface area (Å²) in [7, 11) is 0. The average molecular weight is 407 g/mol. The number of carbonyl (C=O) groups is 3. The summed E-state index contributed by atoms with van der Waals surface area (Å²) in [5.41, 5.74) is 1.60. The van der Waals surface area contributed by atoms with Crippen LogP contribution in [0.2, 0.25) is 0 Å². The van der Waals surface area contributed by atoms with Gasteiger partial charge in [0, 0.05) is 30.8 Å². The predicted molar refractivity (Wildman–Crippen MR) is 107 cm³/mol. The standard InChI is InChI=1S/C22H21N3O5/c26-20(23-15-5-6-18-19(11-15)30-13-29-18)14-7-9-24(10-8-14)12-25-21(27)16-3-1-2-4-17(16)22(25)28/h1-6,11,14H,7-10,12-13H2,(H,23,26). The van der Waals surface area contributed by atoms with E-state index in [9.17, 15) is 14.4 Å². The molecule has 0 unspecified atom stereocenters. The Kier molecular flexibility index (Phi) is 4.63. The van der Waals surface area contributed by atoms with Crippen LogP contribution in [0.1, 0.15) is 33.6 Å². The number of imide groups is 1. The van der Waals surface area contributed by atoms with Crippen molar-refractivity contribution in [2.24, 2.45) is 5.92 Å². The molecule has 2 aromatic carbocycles. The molecular weight excluding hydrogens is 386 g/mol. The van der Waals surface area contributed by atoms with Gasteiger partial charge in [-0.3, -0.25) is 24.2 Å². The van der Waals surface area contributed by atoms with E-state index >= 15 is 0 Å². The maximum absolute atomic E-state index is 12.7. The van der Waals surface area contributed by atoms with Crippen LogP contribution in [0.25, 0.3) is 0 Å². The lowest BCUT2D eigenvalue weighted by molar-refractivity contribution is -0.121. The normalized spacial score (nSPS) is 18.6. The number of anilines is 1. The van der Waals surface area contributed by atoms with Crippen molar-refractivity contribution in [3.63, 3.8) is 0 Å². The molecule has 1 fully saturated rings. The topological polar surface area (TPSA) is 88.2 Å². The van der Waals surface area contributed by atoms with E-state index in [-0.39, 0.29) is 37.1 Å². The number of amides is 3. The third-order valence-corrected chi connectivity index (χ3v) is 5.82. The van der Waals surface area contributed by atoms with E-state index in [2.05, 4.69) is 5.32 Å². The van der Waals surface area contributed by atoms with Gasteiger partial charge in [0.25, 0.3) is 11.8 Å². The number of fused-ring (bicyclic) bond motifs is 2. The highest BCUT2D eigenvalue weighted by atomic mass is 16.7. The third-order valence-electron chi connectivity index (χ3n) is 5.82. The quantitative estimate of drug-likeness (QED) is 0.783. The van der Waals surface area contributed by atoms with Crippen molar-refractivity contribution in [1.29, 1.82) is 0 Å². The van der Waals surface area contributed by atoms with Gasteiger partial charge in [0.05, 0.1) is 17.8 Å². The van der Waals surface area contributed by atoms with E-state index in [4.69, 9.17) is 9.47 Å². The van der Waals surface area contributed by atoms with E-state index in [0.29, 0.717) is 54.2 Å². The summed E-state index contributed by atoms with van der Waals surface area (Å²) in [5, 5.41) is 2.94. The van der Waals surface area contributed by atoms with Crippen LogP contribution in [0, 0.1) is 5.92 Å². The first kappa shape index (κ1) is 18.6. The number of ether oxygens (including phenoxy) is 2. The molecule has 1 saturated heterocycles. The highest BCUT2D eigenvalue weighted by molar-refractivity contribution is 6.21. The minimum absolute atomic E-state index is 0.0331. The number of carbonyl (C=O) groups excluding carboxylic acids is 3. The van der Waals surface area contributed by atoms with E-state index < -0.39 is 0 Å². The van der Waals surface area contributed by atoms with Crippen molar-refractivity contribution in [3.05, 3.63) is 53.6 Å². The van der Waals surface area contributed by atoms with Crippen molar-refractivity contribution >= 4 is 23.4 Å². The maximum atomic E-state index is 12.7. The summed E-state index contributed by atoms with van der Waals surface area (Å²) in [4.78, 5) is 41.1. The van der Waals surface area contributed by atoms with Crippen molar-refractivity contribution in [3.8, 4) is 11.5 Å². The Labute approximate surface area is 173 Å². The number of likely N-dealkylation sites (tertiary alicyclic amines) is 1. The van der Waals surface area contributed by atoms with Gasteiger partial charge in [-0.25, -0.2) is 0 Å². The van der Waals surface area contributed by atoms with Crippen LogP contribution in [-0.2, 0) is 4.79 Å². The van der Waals surface area contributed by atoms with Gasteiger partial charge in [-0.15, -0.1) is 0 Å². The fourth-order valence-corrected chi connectivity index (χ4v) is 4.12. The van der Waals surface area contributed by atoms with Gasteiger partial charge in [0.2, 0.25) is 12.7 Å². The van der Waals surface area contributed by atoms with Crippen LogP contribution in [0.5, 0.6) is 11.5 Å². The van der Waals surface area contributed by atoms with Gasteiger partial charge >= 0.3 is 0 Å². The molecule has 154 valence electrons. The van der Waals surface area contributed by atoms with Crippen molar-refractivity contribution in [1.82, 2.24) is 9.80 Å². The summed E-state index contributed by atoms with van der Waals surface area (Å²) in [6, 6.07) is 12.2. The number of piperidine rings is 1. The zero-order chi connectivity index (χ0) is 20.7. The summed E-state index contributed by atoms with van der Waals surface area (Å²) in [6.45, 7) is 1.74. The summed E-state index contributed by atoms with van der Waals surface area (Å²) < 4.78 is 10.6. The first-order valence-corrected chi connectivity index (χ1v) is 9.98. The Morgan fingerprint density at radius 3 is 2.33 bits per heavy atom. The van der Waals surface area contributed by atoms with Crippen LogP contribution in [0.3, 0.4) is 0 Å². The molecule has 3 amide bonds. The van der Waals surface area contributed by atoms with Gasteiger partial charge in [0.1, 0.15) is 0 Å². The molecule has 30 heavy (non-hydrogen) atoms. The number of nitrogens with zero attached hydrogens (tertiary/aromatic N) is 2. The smallest absolute Gasteiger partial charge is 0.262 e. The molecule has 5 rings (SSSR count). The van der Waals surface area contributed by atoms with Crippen LogP contribution in [-0.4, -0.2) is 54.1 Å². The highest BCUT2D eigenvalue weighted by Crippen LogP contribution is 2.34. The van der Waals surface area contributed by atoms with E-state index in [0.717, 1.165) is 0 Å². The lowest BCUT2D eigenvalue weighted by atomic mass is 9.96. The molecule has 0 radical (unpaired) electrons. The molecule has 1 N–H and O–H groups in total. The lowest BCUT2D eigenvalue weighted by Gasteiger charge is -2.33. The summed E-state index contributed by atoms with van der Waals surface area (Å²) in [5.74, 6) is 0.651. The SMILES string of the molecule is O=C(Nc1ccc2c(c1)OCO2)C1CCN(CN2C(=O)c3ccccc3C2=O)CC1. The van der Waals surface area contributed by atoms with Gasteiger partial charge in [-0.05, 0) is 37.1 Å². The molecule has 0 saturated carbocycles. The summed E-state index contributed by atoms with van der Waals surface area (Å²) >= 11 is 0.